The lowest BCUT2D eigenvalue weighted by Gasteiger charge is -2.21. The van der Waals surface area contributed by atoms with Gasteiger partial charge in [-0.25, -0.2) is 4.39 Å². The van der Waals surface area contributed by atoms with Gasteiger partial charge in [0.1, 0.15) is 5.82 Å². The molecule has 1 fully saturated rings. The maximum absolute atomic E-state index is 12.8. The number of amides is 1. The third-order valence-corrected chi connectivity index (χ3v) is 3.75. The van der Waals surface area contributed by atoms with Crippen LogP contribution in [0.2, 0.25) is 0 Å². The molecule has 1 aliphatic rings. The van der Waals surface area contributed by atoms with Gasteiger partial charge in [0, 0.05) is 6.04 Å². The van der Waals surface area contributed by atoms with Gasteiger partial charge in [-0.3, -0.25) is 4.79 Å². The molecule has 1 aromatic carbocycles. The minimum atomic E-state index is -0.260. The van der Waals surface area contributed by atoms with E-state index in [4.69, 9.17) is 0 Å². The number of carbonyl (C=O) groups is 1. The highest BCUT2D eigenvalue weighted by Gasteiger charge is 2.14. The molecule has 1 amide bonds. The zero-order valence-corrected chi connectivity index (χ0v) is 11.3. The second-order valence-corrected chi connectivity index (χ2v) is 5.41. The number of benzene rings is 1. The lowest BCUT2D eigenvalue weighted by Crippen LogP contribution is -2.36. The van der Waals surface area contributed by atoms with Crippen molar-refractivity contribution in [3.05, 3.63) is 35.6 Å². The standard InChI is InChI=1S/C16H22FNO/c17-14-10-8-13(9-11-14)12-16(19)18-15-6-4-2-1-3-5-7-15/h8-11,15H,1-7,12H2,(H,18,19). The van der Waals surface area contributed by atoms with Crippen LogP contribution in [0.15, 0.2) is 24.3 Å². The average molecular weight is 263 g/mol. The van der Waals surface area contributed by atoms with Crippen LogP contribution in [0.25, 0.3) is 0 Å². The van der Waals surface area contributed by atoms with Crippen molar-refractivity contribution in [1.29, 1.82) is 0 Å². The minimum Gasteiger partial charge on any atom is -0.353 e. The molecular formula is C16H22FNO. The van der Waals surface area contributed by atoms with Crippen LogP contribution in [0.1, 0.15) is 50.5 Å². The maximum atomic E-state index is 12.8. The summed E-state index contributed by atoms with van der Waals surface area (Å²) in [6.45, 7) is 0. The van der Waals surface area contributed by atoms with Gasteiger partial charge in [0.05, 0.1) is 6.42 Å². The Kier molecular flexibility index (Phi) is 5.37. The first kappa shape index (κ1) is 14.0. The lowest BCUT2D eigenvalue weighted by molar-refractivity contribution is -0.121. The van der Waals surface area contributed by atoms with E-state index >= 15 is 0 Å². The van der Waals surface area contributed by atoms with Crippen molar-refractivity contribution in [2.45, 2.75) is 57.4 Å². The van der Waals surface area contributed by atoms with Crippen LogP contribution in [-0.2, 0) is 11.2 Å². The Bertz CT molecular complexity index is 394. The van der Waals surface area contributed by atoms with Gasteiger partial charge in [-0.1, -0.05) is 44.2 Å². The van der Waals surface area contributed by atoms with Gasteiger partial charge >= 0.3 is 0 Å². The highest BCUT2D eigenvalue weighted by atomic mass is 19.1. The van der Waals surface area contributed by atoms with E-state index in [0.29, 0.717) is 12.5 Å². The SMILES string of the molecule is O=C(Cc1ccc(F)cc1)NC1CCCCCCC1. The van der Waals surface area contributed by atoms with Crippen molar-refractivity contribution in [3.8, 4) is 0 Å². The molecule has 0 saturated heterocycles. The molecule has 0 heterocycles. The first-order valence-electron chi connectivity index (χ1n) is 7.28. The third kappa shape index (κ3) is 5.01. The Morgan fingerprint density at radius 3 is 2.26 bits per heavy atom. The normalized spacial score (nSPS) is 17.5. The maximum Gasteiger partial charge on any atom is 0.224 e. The van der Waals surface area contributed by atoms with Gasteiger partial charge in [-0.05, 0) is 30.5 Å². The predicted octanol–water partition coefficient (Wildman–Crippen LogP) is 3.60. The molecule has 1 aromatic rings. The summed E-state index contributed by atoms with van der Waals surface area (Å²) in [6.07, 6.45) is 8.84. The summed E-state index contributed by atoms with van der Waals surface area (Å²) in [4.78, 5) is 12.0. The molecule has 0 aliphatic heterocycles. The monoisotopic (exact) mass is 263 g/mol. The molecule has 0 radical (unpaired) electrons. The summed E-state index contributed by atoms with van der Waals surface area (Å²) in [6, 6.07) is 6.48. The highest BCUT2D eigenvalue weighted by Crippen LogP contribution is 2.17. The van der Waals surface area contributed by atoms with Crippen LogP contribution in [-0.4, -0.2) is 11.9 Å². The number of rotatable bonds is 3. The molecular weight excluding hydrogens is 241 g/mol. The van der Waals surface area contributed by atoms with Crippen LogP contribution in [0.5, 0.6) is 0 Å². The summed E-state index contributed by atoms with van der Waals surface area (Å²) in [5.41, 5.74) is 0.866. The molecule has 0 unspecified atom stereocenters. The van der Waals surface area contributed by atoms with E-state index in [1.165, 1.54) is 44.2 Å². The Balaban J connectivity index is 1.80. The van der Waals surface area contributed by atoms with Crippen LogP contribution in [0.4, 0.5) is 4.39 Å². The van der Waals surface area contributed by atoms with Crippen molar-refractivity contribution in [2.24, 2.45) is 0 Å². The number of nitrogens with one attached hydrogen (secondary N) is 1. The van der Waals surface area contributed by atoms with E-state index in [9.17, 15) is 9.18 Å². The van der Waals surface area contributed by atoms with E-state index in [-0.39, 0.29) is 11.7 Å². The lowest BCUT2D eigenvalue weighted by atomic mass is 9.96. The molecule has 0 aromatic heterocycles. The van der Waals surface area contributed by atoms with Crippen molar-refractivity contribution < 1.29 is 9.18 Å². The fraction of sp³-hybridized carbons (Fsp3) is 0.562. The molecule has 1 aliphatic carbocycles. The summed E-state index contributed by atoms with van der Waals surface area (Å²) >= 11 is 0. The van der Waals surface area contributed by atoms with Crippen LogP contribution in [0, 0.1) is 5.82 Å². The number of hydrogen-bond donors (Lipinski definition) is 1. The zero-order valence-electron chi connectivity index (χ0n) is 11.3. The second kappa shape index (κ2) is 7.27. The number of hydrogen-bond acceptors (Lipinski definition) is 1. The molecule has 0 spiro atoms. The van der Waals surface area contributed by atoms with Gasteiger partial charge in [0.2, 0.25) is 5.91 Å². The van der Waals surface area contributed by atoms with Crippen LogP contribution >= 0.6 is 0 Å². The summed E-state index contributed by atoms with van der Waals surface area (Å²) < 4.78 is 12.8. The highest BCUT2D eigenvalue weighted by molar-refractivity contribution is 5.78. The Labute approximate surface area is 114 Å². The first-order chi connectivity index (χ1) is 9.24. The molecule has 1 saturated carbocycles. The molecule has 2 rings (SSSR count). The first-order valence-corrected chi connectivity index (χ1v) is 7.28. The molecule has 0 atom stereocenters. The molecule has 1 N–H and O–H groups in total. The quantitative estimate of drug-likeness (QED) is 0.887. The third-order valence-electron chi connectivity index (χ3n) is 3.75. The van der Waals surface area contributed by atoms with E-state index < -0.39 is 0 Å². The van der Waals surface area contributed by atoms with Gasteiger partial charge in [-0.2, -0.15) is 0 Å². The van der Waals surface area contributed by atoms with Crippen LogP contribution in [0.3, 0.4) is 0 Å². The molecule has 0 bridgehead atoms. The van der Waals surface area contributed by atoms with Gasteiger partial charge in [0.15, 0.2) is 0 Å². The average Bonchev–Trinajstić information content (AvgIpc) is 2.35. The van der Waals surface area contributed by atoms with Gasteiger partial charge in [0.25, 0.3) is 0 Å². The van der Waals surface area contributed by atoms with E-state index in [2.05, 4.69) is 5.32 Å². The second-order valence-electron chi connectivity index (χ2n) is 5.41. The minimum absolute atomic E-state index is 0.0529. The molecule has 2 nitrogen and oxygen atoms in total. The van der Waals surface area contributed by atoms with E-state index in [0.717, 1.165) is 18.4 Å². The summed E-state index contributed by atoms with van der Waals surface area (Å²) in [5, 5.41) is 3.12. The Hall–Kier alpha value is -1.38. The van der Waals surface area contributed by atoms with Gasteiger partial charge in [-0.15, -0.1) is 0 Å². The largest absolute Gasteiger partial charge is 0.353 e. The number of halogens is 1. The molecule has 3 heteroatoms. The zero-order chi connectivity index (χ0) is 13.5. The van der Waals surface area contributed by atoms with E-state index in [1.807, 2.05) is 0 Å². The number of carbonyl (C=O) groups excluding carboxylic acids is 1. The summed E-state index contributed by atoms with van der Waals surface area (Å²) in [5.74, 6) is -0.207. The fourth-order valence-corrected chi connectivity index (χ4v) is 2.67. The van der Waals surface area contributed by atoms with Crippen molar-refractivity contribution in [1.82, 2.24) is 5.32 Å². The van der Waals surface area contributed by atoms with E-state index in [1.54, 1.807) is 12.1 Å². The Morgan fingerprint density at radius 2 is 1.63 bits per heavy atom. The van der Waals surface area contributed by atoms with Crippen molar-refractivity contribution in [3.63, 3.8) is 0 Å². The predicted molar refractivity (Wildman–Crippen MR) is 74.4 cm³/mol. The molecule has 104 valence electrons. The van der Waals surface area contributed by atoms with Crippen molar-refractivity contribution >= 4 is 5.91 Å². The smallest absolute Gasteiger partial charge is 0.224 e. The molecule has 19 heavy (non-hydrogen) atoms. The Morgan fingerprint density at radius 1 is 1.05 bits per heavy atom. The topological polar surface area (TPSA) is 29.1 Å². The van der Waals surface area contributed by atoms with Crippen LogP contribution < -0.4 is 5.32 Å². The summed E-state index contributed by atoms with van der Waals surface area (Å²) in [7, 11) is 0. The van der Waals surface area contributed by atoms with Gasteiger partial charge < -0.3 is 5.32 Å². The van der Waals surface area contributed by atoms with Crippen molar-refractivity contribution in [2.75, 3.05) is 0 Å². The fourth-order valence-electron chi connectivity index (χ4n) is 2.67.